The quantitative estimate of drug-likeness (QED) is 0.803. The third-order valence-corrected chi connectivity index (χ3v) is 2.63. The highest BCUT2D eigenvalue weighted by molar-refractivity contribution is 6.42. The Morgan fingerprint density at radius 2 is 1.92 bits per heavy atom. The Bertz CT molecular complexity index is 315. The summed E-state index contributed by atoms with van der Waals surface area (Å²) in [6, 6.07) is 3.05. The second-order valence-corrected chi connectivity index (χ2v) is 3.73. The third-order valence-electron chi connectivity index (χ3n) is 1.91. The zero-order chi connectivity index (χ0) is 10.0. The van der Waals surface area contributed by atoms with Crippen molar-refractivity contribution in [1.29, 1.82) is 0 Å². The highest BCUT2D eigenvalue weighted by Gasteiger charge is 2.10. The van der Waals surface area contributed by atoms with Gasteiger partial charge in [-0.2, -0.15) is 0 Å². The van der Waals surface area contributed by atoms with E-state index in [0.29, 0.717) is 10.0 Å². The Morgan fingerprint density at radius 1 is 1.38 bits per heavy atom. The second-order valence-electron chi connectivity index (χ2n) is 2.91. The number of rotatable bonds is 2. The van der Waals surface area contributed by atoms with Crippen LogP contribution in [-0.2, 0) is 0 Å². The molecule has 72 valence electrons. The maximum atomic E-state index is 8.87. The predicted molar refractivity (Wildman–Crippen MR) is 55.2 cm³/mol. The van der Waals surface area contributed by atoms with Gasteiger partial charge >= 0.3 is 0 Å². The lowest BCUT2D eigenvalue weighted by Gasteiger charge is -2.12. The molecule has 0 fully saturated rings. The number of aryl methyl sites for hydroxylation is 1. The molecule has 0 amide bonds. The number of hydrogen-bond donors (Lipinski definition) is 2. The van der Waals surface area contributed by atoms with Gasteiger partial charge in [0.25, 0.3) is 0 Å². The molecule has 0 aromatic heterocycles. The third kappa shape index (κ3) is 2.35. The van der Waals surface area contributed by atoms with Crippen LogP contribution >= 0.6 is 23.2 Å². The molecule has 0 bridgehead atoms. The normalized spacial score (nSPS) is 13.0. The fraction of sp³-hybridized carbons (Fsp3) is 0.333. The van der Waals surface area contributed by atoms with Crippen molar-refractivity contribution in [1.82, 2.24) is 0 Å². The Kier molecular flexibility index (Phi) is 3.56. The van der Waals surface area contributed by atoms with Gasteiger partial charge in [0, 0.05) is 0 Å². The van der Waals surface area contributed by atoms with E-state index in [1.165, 1.54) is 0 Å². The van der Waals surface area contributed by atoms with Crippen molar-refractivity contribution in [2.24, 2.45) is 5.73 Å². The summed E-state index contributed by atoms with van der Waals surface area (Å²) in [4.78, 5) is 0. The van der Waals surface area contributed by atoms with Crippen LogP contribution in [0.2, 0.25) is 10.0 Å². The number of benzene rings is 1. The molecule has 13 heavy (non-hydrogen) atoms. The highest BCUT2D eigenvalue weighted by Crippen LogP contribution is 2.27. The first-order valence-corrected chi connectivity index (χ1v) is 4.64. The maximum absolute atomic E-state index is 8.87. The highest BCUT2D eigenvalue weighted by atomic mass is 35.5. The topological polar surface area (TPSA) is 46.2 Å². The molecule has 1 rings (SSSR count). The van der Waals surface area contributed by atoms with Crippen LogP contribution in [0.25, 0.3) is 0 Å². The summed E-state index contributed by atoms with van der Waals surface area (Å²) in [6.45, 7) is 1.78. The van der Waals surface area contributed by atoms with E-state index in [2.05, 4.69) is 0 Å². The average Bonchev–Trinajstić information content (AvgIpc) is 2.10. The number of aliphatic hydroxyl groups is 1. The van der Waals surface area contributed by atoms with Gasteiger partial charge in [-0.05, 0) is 30.2 Å². The second kappa shape index (κ2) is 4.29. The average molecular weight is 220 g/mol. The summed E-state index contributed by atoms with van der Waals surface area (Å²) in [5, 5.41) is 9.84. The van der Waals surface area contributed by atoms with Gasteiger partial charge in [0.2, 0.25) is 0 Å². The number of halogens is 2. The Hall–Kier alpha value is -0.280. The van der Waals surface area contributed by atoms with Crippen LogP contribution < -0.4 is 5.73 Å². The van der Waals surface area contributed by atoms with E-state index in [9.17, 15) is 0 Å². The van der Waals surface area contributed by atoms with Crippen LogP contribution in [0.15, 0.2) is 12.1 Å². The van der Waals surface area contributed by atoms with Gasteiger partial charge in [0.15, 0.2) is 0 Å². The lowest BCUT2D eigenvalue weighted by molar-refractivity contribution is 0.267. The van der Waals surface area contributed by atoms with Crippen LogP contribution in [0.3, 0.4) is 0 Å². The van der Waals surface area contributed by atoms with Gasteiger partial charge in [0.1, 0.15) is 0 Å². The summed E-state index contributed by atoms with van der Waals surface area (Å²) in [6.07, 6.45) is 0. The monoisotopic (exact) mass is 219 g/mol. The molecule has 0 spiro atoms. The molecule has 1 atom stereocenters. The lowest BCUT2D eigenvalue weighted by atomic mass is 10.0. The van der Waals surface area contributed by atoms with E-state index in [1.807, 2.05) is 6.92 Å². The molecule has 1 aromatic carbocycles. The molecule has 1 aromatic rings. The van der Waals surface area contributed by atoms with Crippen molar-refractivity contribution < 1.29 is 5.11 Å². The van der Waals surface area contributed by atoms with E-state index in [-0.39, 0.29) is 6.61 Å². The summed E-state index contributed by atoms with van der Waals surface area (Å²) in [7, 11) is 0. The van der Waals surface area contributed by atoms with Crippen molar-refractivity contribution in [3.63, 3.8) is 0 Å². The van der Waals surface area contributed by atoms with Gasteiger partial charge in [0.05, 0.1) is 22.7 Å². The minimum atomic E-state index is -0.394. The van der Waals surface area contributed by atoms with Crippen molar-refractivity contribution >= 4 is 23.2 Å². The fourth-order valence-electron chi connectivity index (χ4n) is 1.16. The SMILES string of the molecule is Cc1cc(Cl)c(Cl)cc1C(N)CO. The molecule has 4 heteroatoms. The molecule has 0 radical (unpaired) electrons. The lowest BCUT2D eigenvalue weighted by Crippen LogP contribution is -2.15. The Morgan fingerprint density at radius 3 is 2.46 bits per heavy atom. The van der Waals surface area contributed by atoms with Gasteiger partial charge in [-0.25, -0.2) is 0 Å². The van der Waals surface area contributed by atoms with Crippen LogP contribution in [0.4, 0.5) is 0 Å². The predicted octanol–water partition coefficient (Wildman–Crippen LogP) is 2.29. The van der Waals surface area contributed by atoms with E-state index >= 15 is 0 Å². The molecule has 0 heterocycles. The van der Waals surface area contributed by atoms with Crippen LogP contribution in [0, 0.1) is 6.92 Å². The molecule has 3 N–H and O–H groups in total. The minimum absolute atomic E-state index is 0.0984. The van der Waals surface area contributed by atoms with Crippen molar-refractivity contribution in [3.05, 3.63) is 33.3 Å². The zero-order valence-electron chi connectivity index (χ0n) is 7.22. The van der Waals surface area contributed by atoms with Crippen molar-refractivity contribution in [3.8, 4) is 0 Å². The van der Waals surface area contributed by atoms with Crippen LogP contribution in [-0.4, -0.2) is 11.7 Å². The summed E-state index contributed by atoms with van der Waals surface area (Å²) >= 11 is 11.6. The molecule has 0 aliphatic heterocycles. The van der Waals surface area contributed by atoms with Crippen LogP contribution in [0.1, 0.15) is 17.2 Å². The number of hydrogen-bond acceptors (Lipinski definition) is 2. The number of nitrogens with two attached hydrogens (primary N) is 1. The standard InChI is InChI=1S/C9H11Cl2NO/c1-5-2-7(10)8(11)3-6(5)9(12)4-13/h2-3,9,13H,4,12H2,1H3. The van der Waals surface area contributed by atoms with Gasteiger partial charge in [-0.1, -0.05) is 23.2 Å². The smallest absolute Gasteiger partial charge is 0.0624 e. The molecular formula is C9H11Cl2NO. The van der Waals surface area contributed by atoms with E-state index in [4.69, 9.17) is 34.0 Å². The molecule has 0 saturated heterocycles. The fourth-order valence-corrected chi connectivity index (χ4v) is 1.55. The van der Waals surface area contributed by atoms with E-state index in [0.717, 1.165) is 11.1 Å². The maximum Gasteiger partial charge on any atom is 0.0624 e. The first-order valence-electron chi connectivity index (χ1n) is 3.88. The van der Waals surface area contributed by atoms with Crippen molar-refractivity contribution in [2.75, 3.05) is 6.61 Å². The first-order chi connectivity index (χ1) is 6.06. The molecule has 2 nitrogen and oxygen atoms in total. The van der Waals surface area contributed by atoms with Crippen LogP contribution in [0.5, 0.6) is 0 Å². The number of aliphatic hydroxyl groups excluding tert-OH is 1. The minimum Gasteiger partial charge on any atom is -0.394 e. The van der Waals surface area contributed by atoms with Gasteiger partial charge < -0.3 is 10.8 Å². The summed E-state index contributed by atoms with van der Waals surface area (Å²) in [5.41, 5.74) is 7.43. The summed E-state index contributed by atoms with van der Waals surface area (Å²) in [5.74, 6) is 0. The van der Waals surface area contributed by atoms with Crippen molar-refractivity contribution in [2.45, 2.75) is 13.0 Å². The molecule has 0 aliphatic rings. The Balaban J connectivity index is 3.15. The van der Waals surface area contributed by atoms with Gasteiger partial charge in [-0.3, -0.25) is 0 Å². The molecular weight excluding hydrogens is 209 g/mol. The van der Waals surface area contributed by atoms with E-state index in [1.54, 1.807) is 12.1 Å². The Labute approximate surface area is 87.3 Å². The van der Waals surface area contributed by atoms with E-state index < -0.39 is 6.04 Å². The zero-order valence-corrected chi connectivity index (χ0v) is 8.73. The summed E-state index contributed by atoms with van der Waals surface area (Å²) < 4.78 is 0. The molecule has 0 saturated carbocycles. The van der Waals surface area contributed by atoms with Gasteiger partial charge in [-0.15, -0.1) is 0 Å². The molecule has 1 unspecified atom stereocenters. The molecule has 0 aliphatic carbocycles. The largest absolute Gasteiger partial charge is 0.394 e. The first kappa shape index (κ1) is 10.8.